The highest BCUT2D eigenvalue weighted by molar-refractivity contribution is 7.89. The van der Waals surface area contributed by atoms with Gasteiger partial charge in [-0.25, -0.2) is 18.1 Å². The zero-order valence-electron chi connectivity index (χ0n) is 13.4. The number of benzene rings is 1. The fourth-order valence-corrected chi connectivity index (χ4v) is 3.08. The molecule has 1 aromatic carbocycles. The van der Waals surface area contributed by atoms with E-state index in [4.69, 9.17) is 4.74 Å². The van der Waals surface area contributed by atoms with Crippen LogP contribution in [0.25, 0.3) is 0 Å². The zero-order chi connectivity index (χ0) is 18.5. The zero-order valence-corrected chi connectivity index (χ0v) is 14.2. The minimum absolute atomic E-state index is 0.0108. The molecular weight excluding hydrogens is 357 g/mol. The number of nitrogens with zero attached hydrogens (tertiary/aromatic N) is 1. The van der Waals surface area contributed by atoms with E-state index in [2.05, 4.69) is 9.71 Å². The number of halogens is 3. The first-order valence-electron chi connectivity index (χ1n) is 7.42. The lowest BCUT2D eigenvalue weighted by atomic mass is 10.2. The summed E-state index contributed by atoms with van der Waals surface area (Å²) in [4.78, 5) is 3.44. The standard InChI is InChI=1S/C16H17F3N2O3S/c1-2-24-11-12-5-3-7-14(9-12)25(22,23)20-10-13-6-4-8-15(21-13)16(17,18)19/h3-9,20H,2,10-11H2,1H3. The predicted molar refractivity (Wildman–Crippen MR) is 85.0 cm³/mol. The van der Waals surface area contributed by atoms with Crippen LogP contribution in [0.5, 0.6) is 0 Å². The normalized spacial score (nSPS) is 12.3. The molecule has 136 valence electrons. The van der Waals surface area contributed by atoms with Crippen LogP contribution in [-0.4, -0.2) is 20.0 Å². The van der Waals surface area contributed by atoms with E-state index in [-0.39, 0.29) is 23.7 Å². The van der Waals surface area contributed by atoms with Crippen molar-refractivity contribution in [2.45, 2.75) is 31.1 Å². The summed E-state index contributed by atoms with van der Waals surface area (Å²) in [5.74, 6) is 0. The molecule has 9 heteroatoms. The molecule has 0 saturated heterocycles. The highest BCUT2D eigenvalue weighted by atomic mass is 32.2. The second-order valence-corrected chi connectivity index (χ2v) is 6.89. The molecule has 1 aromatic heterocycles. The number of aromatic nitrogens is 1. The molecule has 0 bridgehead atoms. The molecule has 0 spiro atoms. The van der Waals surface area contributed by atoms with Gasteiger partial charge in [-0.2, -0.15) is 13.2 Å². The number of ether oxygens (including phenoxy) is 1. The van der Waals surface area contributed by atoms with Gasteiger partial charge in [-0.05, 0) is 36.8 Å². The van der Waals surface area contributed by atoms with Crippen molar-refractivity contribution in [3.05, 3.63) is 59.4 Å². The molecule has 2 rings (SSSR count). The SMILES string of the molecule is CCOCc1cccc(S(=O)(=O)NCc2cccc(C(F)(F)F)n2)c1. The van der Waals surface area contributed by atoms with E-state index in [0.717, 1.165) is 6.07 Å². The van der Waals surface area contributed by atoms with E-state index < -0.39 is 21.9 Å². The van der Waals surface area contributed by atoms with Gasteiger partial charge in [0.05, 0.1) is 23.7 Å². The molecule has 0 unspecified atom stereocenters. The van der Waals surface area contributed by atoms with Gasteiger partial charge in [0.15, 0.2) is 0 Å². The predicted octanol–water partition coefficient (Wildman–Crippen LogP) is 3.12. The third-order valence-electron chi connectivity index (χ3n) is 3.22. The Bertz CT molecular complexity index is 823. The van der Waals surface area contributed by atoms with Crippen molar-refractivity contribution in [3.63, 3.8) is 0 Å². The van der Waals surface area contributed by atoms with E-state index in [0.29, 0.717) is 12.2 Å². The maximum atomic E-state index is 12.6. The Morgan fingerprint density at radius 2 is 1.88 bits per heavy atom. The lowest BCUT2D eigenvalue weighted by Gasteiger charge is -2.10. The van der Waals surface area contributed by atoms with Crippen LogP contribution in [0.3, 0.4) is 0 Å². The van der Waals surface area contributed by atoms with Crippen molar-refractivity contribution in [1.82, 2.24) is 9.71 Å². The van der Waals surface area contributed by atoms with E-state index in [1.807, 2.05) is 6.92 Å². The highest BCUT2D eigenvalue weighted by Crippen LogP contribution is 2.27. The van der Waals surface area contributed by atoms with Crippen molar-refractivity contribution in [2.24, 2.45) is 0 Å². The fraction of sp³-hybridized carbons (Fsp3) is 0.312. The van der Waals surface area contributed by atoms with Crippen LogP contribution in [0.1, 0.15) is 23.9 Å². The highest BCUT2D eigenvalue weighted by Gasteiger charge is 2.32. The molecule has 0 aliphatic heterocycles. The summed E-state index contributed by atoms with van der Waals surface area (Å²) in [5, 5.41) is 0. The Morgan fingerprint density at radius 1 is 1.16 bits per heavy atom. The van der Waals surface area contributed by atoms with Gasteiger partial charge < -0.3 is 4.74 Å². The lowest BCUT2D eigenvalue weighted by Crippen LogP contribution is -2.24. The summed E-state index contributed by atoms with van der Waals surface area (Å²) in [6, 6.07) is 9.49. The largest absolute Gasteiger partial charge is 0.433 e. The van der Waals surface area contributed by atoms with E-state index in [1.165, 1.54) is 24.3 Å². The Hall–Kier alpha value is -1.97. The topological polar surface area (TPSA) is 68.3 Å². The Kier molecular flexibility index (Phi) is 6.15. The van der Waals surface area contributed by atoms with Gasteiger partial charge in [-0.3, -0.25) is 0 Å². The van der Waals surface area contributed by atoms with Crippen LogP contribution in [-0.2, 0) is 34.1 Å². The number of rotatable bonds is 7. The molecule has 0 fully saturated rings. The molecule has 1 N–H and O–H groups in total. The van der Waals surface area contributed by atoms with Crippen molar-refractivity contribution in [2.75, 3.05) is 6.61 Å². The van der Waals surface area contributed by atoms with Crippen molar-refractivity contribution in [1.29, 1.82) is 0 Å². The minimum atomic E-state index is -4.58. The number of pyridine rings is 1. The second-order valence-electron chi connectivity index (χ2n) is 5.12. The molecule has 1 heterocycles. The van der Waals surface area contributed by atoms with Gasteiger partial charge in [0.25, 0.3) is 0 Å². The Labute approximate surface area is 143 Å². The maximum Gasteiger partial charge on any atom is 0.433 e. The summed E-state index contributed by atoms with van der Waals surface area (Å²) in [6.45, 7) is 2.25. The Balaban J connectivity index is 2.12. The second kappa shape index (κ2) is 7.94. The van der Waals surface area contributed by atoms with E-state index in [9.17, 15) is 21.6 Å². The van der Waals surface area contributed by atoms with E-state index >= 15 is 0 Å². The summed E-state index contributed by atoms with van der Waals surface area (Å²) < 4.78 is 70.0. The number of hydrogen-bond donors (Lipinski definition) is 1. The number of hydrogen-bond acceptors (Lipinski definition) is 4. The van der Waals surface area contributed by atoms with Crippen molar-refractivity contribution >= 4 is 10.0 Å². The Morgan fingerprint density at radius 3 is 2.56 bits per heavy atom. The molecule has 0 aliphatic carbocycles. The molecule has 2 aromatic rings. The first kappa shape index (κ1) is 19.4. The van der Waals surface area contributed by atoms with Crippen LogP contribution in [0.15, 0.2) is 47.4 Å². The van der Waals surface area contributed by atoms with Gasteiger partial charge in [-0.15, -0.1) is 0 Å². The van der Waals surface area contributed by atoms with Gasteiger partial charge in [-0.1, -0.05) is 18.2 Å². The van der Waals surface area contributed by atoms with Crippen molar-refractivity contribution < 1.29 is 26.3 Å². The van der Waals surface area contributed by atoms with Crippen molar-refractivity contribution in [3.8, 4) is 0 Å². The molecule has 5 nitrogen and oxygen atoms in total. The average Bonchev–Trinajstić information content (AvgIpc) is 2.58. The monoisotopic (exact) mass is 374 g/mol. The van der Waals surface area contributed by atoms with Crippen LogP contribution in [0.2, 0.25) is 0 Å². The molecule has 0 atom stereocenters. The quantitative estimate of drug-likeness (QED) is 0.809. The summed E-state index contributed by atoms with van der Waals surface area (Å²) in [5.41, 5.74) is -0.409. The van der Waals surface area contributed by atoms with Gasteiger partial charge in [0, 0.05) is 6.61 Å². The maximum absolute atomic E-state index is 12.6. The van der Waals surface area contributed by atoms with Crippen LogP contribution in [0, 0.1) is 0 Å². The summed E-state index contributed by atoms with van der Waals surface area (Å²) in [6.07, 6.45) is -4.58. The minimum Gasteiger partial charge on any atom is -0.377 e. The van der Waals surface area contributed by atoms with Gasteiger partial charge in [0.2, 0.25) is 10.0 Å². The smallest absolute Gasteiger partial charge is 0.377 e. The number of sulfonamides is 1. The van der Waals surface area contributed by atoms with Crippen LogP contribution in [0.4, 0.5) is 13.2 Å². The average molecular weight is 374 g/mol. The number of nitrogens with one attached hydrogen (secondary N) is 1. The molecule has 0 amide bonds. The van der Waals surface area contributed by atoms with Gasteiger partial charge >= 0.3 is 6.18 Å². The first-order valence-corrected chi connectivity index (χ1v) is 8.90. The fourth-order valence-electron chi connectivity index (χ4n) is 2.01. The summed E-state index contributed by atoms with van der Waals surface area (Å²) in [7, 11) is -3.88. The van der Waals surface area contributed by atoms with Gasteiger partial charge in [0.1, 0.15) is 5.69 Å². The molecule has 0 aliphatic rings. The molecular formula is C16H17F3N2O3S. The summed E-state index contributed by atoms with van der Waals surface area (Å²) >= 11 is 0. The van der Waals surface area contributed by atoms with Crippen LogP contribution >= 0.6 is 0 Å². The van der Waals surface area contributed by atoms with E-state index in [1.54, 1.807) is 12.1 Å². The van der Waals surface area contributed by atoms with Crippen LogP contribution < -0.4 is 4.72 Å². The molecule has 0 saturated carbocycles. The lowest BCUT2D eigenvalue weighted by molar-refractivity contribution is -0.141. The molecule has 25 heavy (non-hydrogen) atoms. The number of alkyl halides is 3. The third kappa shape index (κ3) is 5.52. The molecule has 0 radical (unpaired) electrons. The first-order chi connectivity index (χ1) is 11.7. The third-order valence-corrected chi connectivity index (χ3v) is 4.62.